The van der Waals surface area contributed by atoms with Gasteiger partial charge in [0.15, 0.2) is 0 Å². The summed E-state index contributed by atoms with van der Waals surface area (Å²) >= 11 is 0. The molecule has 0 saturated heterocycles. The average molecular weight is 319 g/mol. The molecule has 6 nitrogen and oxygen atoms in total. The number of rotatable bonds is 4. The summed E-state index contributed by atoms with van der Waals surface area (Å²) in [4.78, 5) is 23.3. The van der Waals surface area contributed by atoms with Crippen molar-refractivity contribution in [3.05, 3.63) is 24.3 Å². The Bertz CT molecular complexity index is 522. The molecule has 0 atom stereocenters. The van der Waals surface area contributed by atoms with E-state index < -0.39 is 6.09 Å². The number of carbonyl (C=O) groups excluding carboxylic acids is 2. The molecule has 1 aromatic carbocycles. The fraction of sp³-hybridized carbons (Fsp3) is 0.529. The van der Waals surface area contributed by atoms with E-state index in [0.717, 1.165) is 18.8 Å². The molecule has 0 aliphatic heterocycles. The van der Waals surface area contributed by atoms with Crippen LogP contribution in [0.3, 0.4) is 0 Å². The van der Waals surface area contributed by atoms with Crippen LogP contribution < -0.4 is 16.0 Å². The second kappa shape index (κ2) is 8.41. The van der Waals surface area contributed by atoms with E-state index in [1.807, 2.05) is 0 Å². The number of hydrogen-bond acceptors (Lipinski definition) is 3. The third kappa shape index (κ3) is 5.81. The first-order valence-electron chi connectivity index (χ1n) is 8.18. The molecule has 0 radical (unpaired) electrons. The molecule has 23 heavy (non-hydrogen) atoms. The summed E-state index contributed by atoms with van der Waals surface area (Å²) < 4.78 is 4.80. The Labute approximate surface area is 137 Å². The largest absolute Gasteiger partial charge is 0.450 e. The molecule has 1 aliphatic carbocycles. The summed E-state index contributed by atoms with van der Waals surface area (Å²) in [5, 5.41) is 8.43. The lowest BCUT2D eigenvalue weighted by Crippen LogP contribution is -2.39. The van der Waals surface area contributed by atoms with E-state index in [0.29, 0.717) is 18.0 Å². The molecule has 1 aliphatic rings. The van der Waals surface area contributed by atoms with E-state index in [4.69, 9.17) is 4.74 Å². The van der Waals surface area contributed by atoms with Gasteiger partial charge in [0.1, 0.15) is 0 Å². The average Bonchev–Trinajstić information content (AvgIpc) is 2.52. The van der Waals surface area contributed by atoms with Crippen LogP contribution in [-0.4, -0.2) is 24.8 Å². The van der Waals surface area contributed by atoms with E-state index >= 15 is 0 Å². The van der Waals surface area contributed by atoms with Crippen molar-refractivity contribution in [1.29, 1.82) is 0 Å². The van der Waals surface area contributed by atoms with Gasteiger partial charge < -0.3 is 15.4 Å². The third-order valence-electron chi connectivity index (χ3n) is 4.02. The number of hydrogen-bond donors (Lipinski definition) is 3. The highest BCUT2D eigenvalue weighted by atomic mass is 16.5. The maximum Gasteiger partial charge on any atom is 0.411 e. The van der Waals surface area contributed by atoms with Crippen LogP contribution in [0.25, 0.3) is 0 Å². The molecule has 1 fully saturated rings. The number of amides is 3. The minimum absolute atomic E-state index is 0.185. The Balaban J connectivity index is 1.78. The number of anilines is 2. The van der Waals surface area contributed by atoms with Crippen molar-refractivity contribution in [3.8, 4) is 0 Å². The summed E-state index contributed by atoms with van der Waals surface area (Å²) in [7, 11) is 0. The van der Waals surface area contributed by atoms with Crippen LogP contribution in [0.4, 0.5) is 21.0 Å². The van der Waals surface area contributed by atoms with Crippen LogP contribution in [0, 0.1) is 5.92 Å². The van der Waals surface area contributed by atoms with Gasteiger partial charge in [-0.2, -0.15) is 0 Å². The Hall–Kier alpha value is -2.24. The molecule has 2 rings (SSSR count). The molecule has 0 heterocycles. The molecule has 126 valence electrons. The van der Waals surface area contributed by atoms with E-state index in [2.05, 4.69) is 22.9 Å². The molecule has 0 unspecified atom stereocenters. The summed E-state index contributed by atoms with van der Waals surface area (Å²) in [5.74, 6) is 0.760. The summed E-state index contributed by atoms with van der Waals surface area (Å²) in [5.41, 5.74) is 1.30. The van der Waals surface area contributed by atoms with Crippen molar-refractivity contribution in [2.24, 2.45) is 5.92 Å². The van der Waals surface area contributed by atoms with Crippen molar-refractivity contribution < 1.29 is 14.3 Å². The minimum atomic E-state index is -0.488. The van der Waals surface area contributed by atoms with Crippen molar-refractivity contribution in [1.82, 2.24) is 5.32 Å². The standard InChI is InChI=1S/C17H25N3O3/c1-3-23-17(22)20-15-10-8-14(9-11-15)19-16(21)18-13-6-4-12(2)5-7-13/h8-13H,3-7H2,1-2H3,(H,20,22)(H2,18,19,21). The van der Waals surface area contributed by atoms with E-state index in [9.17, 15) is 9.59 Å². The predicted octanol–water partition coefficient (Wildman–Crippen LogP) is 3.96. The second-order valence-electron chi connectivity index (χ2n) is 5.98. The first-order chi connectivity index (χ1) is 11.1. The van der Waals surface area contributed by atoms with Gasteiger partial charge in [-0.15, -0.1) is 0 Å². The third-order valence-corrected chi connectivity index (χ3v) is 4.02. The SMILES string of the molecule is CCOC(=O)Nc1ccc(NC(=O)NC2CCC(C)CC2)cc1. The van der Waals surface area contributed by atoms with Crippen molar-refractivity contribution in [3.63, 3.8) is 0 Å². The van der Waals surface area contributed by atoms with Gasteiger partial charge in [0.2, 0.25) is 0 Å². The molecule has 1 saturated carbocycles. The molecule has 3 N–H and O–H groups in total. The predicted molar refractivity (Wildman–Crippen MR) is 90.7 cm³/mol. The van der Waals surface area contributed by atoms with Gasteiger partial charge in [-0.05, 0) is 62.8 Å². The van der Waals surface area contributed by atoms with Gasteiger partial charge in [0, 0.05) is 17.4 Å². The van der Waals surface area contributed by atoms with Gasteiger partial charge in [-0.1, -0.05) is 6.92 Å². The fourth-order valence-corrected chi connectivity index (χ4v) is 2.68. The van der Waals surface area contributed by atoms with Crippen molar-refractivity contribution in [2.45, 2.75) is 45.6 Å². The van der Waals surface area contributed by atoms with Gasteiger partial charge in [-0.25, -0.2) is 9.59 Å². The van der Waals surface area contributed by atoms with Crippen LogP contribution in [0.2, 0.25) is 0 Å². The van der Waals surface area contributed by atoms with Gasteiger partial charge >= 0.3 is 12.1 Å². The number of benzene rings is 1. The molecular formula is C17H25N3O3. The highest BCUT2D eigenvalue weighted by Crippen LogP contribution is 2.23. The zero-order valence-electron chi connectivity index (χ0n) is 13.7. The maximum absolute atomic E-state index is 12.0. The van der Waals surface area contributed by atoms with Gasteiger partial charge in [-0.3, -0.25) is 5.32 Å². The Morgan fingerprint density at radius 3 is 2.17 bits per heavy atom. The van der Waals surface area contributed by atoms with Crippen molar-refractivity contribution in [2.75, 3.05) is 17.2 Å². The van der Waals surface area contributed by atoms with E-state index in [1.54, 1.807) is 31.2 Å². The lowest BCUT2D eigenvalue weighted by atomic mass is 9.87. The number of carbonyl (C=O) groups is 2. The summed E-state index contributed by atoms with van der Waals surface area (Å²) in [6.45, 7) is 4.33. The highest BCUT2D eigenvalue weighted by Gasteiger charge is 2.19. The van der Waals surface area contributed by atoms with Crippen LogP contribution >= 0.6 is 0 Å². The summed E-state index contributed by atoms with van der Waals surface area (Å²) in [6, 6.07) is 6.99. The fourth-order valence-electron chi connectivity index (χ4n) is 2.68. The van der Waals surface area contributed by atoms with Crippen LogP contribution in [0.5, 0.6) is 0 Å². The van der Waals surface area contributed by atoms with E-state index in [1.165, 1.54) is 12.8 Å². The lowest BCUT2D eigenvalue weighted by Gasteiger charge is -2.26. The van der Waals surface area contributed by atoms with Crippen molar-refractivity contribution >= 4 is 23.5 Å². The van der Waals surface area contributed by atoms with Gasteiger partial charge in [0.05, 0.1) is 6.61 Å². The second-order valence-corrected chi connectivity index (χ2v) is 5.98. The quantitative estimate of drug-likeness (QED) is 0.786. The first kappa shape index (κ1) is 17.1. The monoisotopic (exact) mass is 319 g/mol. The Kier molecular flexibility index (Phi) is 6.26. The molecule has 0 spiro atoms. The lowest BCUT2D eigenvalue weighted by molar-refractivity contribution is 0.168. The maximum atomic E-state index is 12.0. The van der Waals surface area contributed by atoms with Crippen LogP contribution in [-0.2, 0) is 4.74 Å². The number of ether oxygens (including phenoxy) is 1. The molecule has 3 amide bonds. The first-order valence-corrected chi connectivity index (χ1v) is 8.18. The molecule has 1 aromatic rings. The van der Waals surface area contributed by atoms with Gasteiger partial charge in [0.25, 0.3) is 0 Å². The Morgan fingerprint density at radius 1 is 1.04 bits per heavy atom. The smallest absolute Gasteiger partial charge is 0.411 e. The highest BCUT2D eigenvalue weighted by molar-refractivity contribution is 5.90. The van der Waals surface area contributed by atoms with Crippen LogP contribution in [0.15, 0.2) is 24.3 Å². The molecular weight excluding hydrogens is 294 g/mol. The Morgan fingerprint density at radius 2 is 1.61 bits per heavy atom. The molecule has 6 heteroatoms. The topological polar surface area (TPSA) is 79.5 Å². The number of urea groups is 1. The molecule has 0 bridgehead atoms. The van der Waals surface area contributed by atoms with E-state index in [-0.39, 0.29) is 12.1 Å². The molecule has 0 aromatic heterocycles. The normalized spacial score (nSPS) is 20.4. The van der Waals surface area contributed by atoms with Crippen LogP contribution in [0.1, 0.15) is 39.5 Å². The number of nitrogens with one attached hydrogen (secondary N) is 3. The zero-order chi connectivity index (χ0) is 16.7. The summed E-state index contributed by atoms with van der Waals surface area (Å²) in [6.07, 6.45) is 3.92. The zero-order valence-corrected chi connectivity index (χ0v) is 13.7. The minimum Gasteiger partial charge on any atom is -0.450 e.